The van der Waals surface area contributed by atoms with Crippen LogP contribution in [0.3, 0.4) is 0 Å². The number of aryl methyl sites for hydroxylation is 1. The van der Waals surface area contributed by atoms with Crippen LogP contribution in [0.5, 0.6) is 0 Å². The number of carbonyl (C=O) groups is 1. The Kier molecular flexibility index (Phi) is 5.25. The van der Waals surface area contributed by atoms with Gasteiger partial charge in [-0.1, -0.05) is 25.1 Å². The molecule has 0 aliphatic heterocycles. The Morgan fingerprint density at radius 1 is 1.08 bits per heavy atom. The Bertz CT molecular complexity index is 958. The van der Waals surface area contributed by atoms with E-state index in [1.54, 1.807) is 36.5 Å². The van der Waals surface area contributed by atoms with E-state index < -0.39 is 0 Å². The van der Waals surface area contributed by atoms with Gasteiger partial charge in [0.1, 0.15) is 5.69 Å². The van der Waals surface area contributed by atoms with Gasteiger partial charge in [-0.25, -0.2) is 0 Å². The van der Waals surface area contributed by atoms with E-state index in [2.05, 4.69) is 28.6 Å². The predicted molar refractivity (Wildman–Crippen MR) is 102 cm³/mol. The molecule has 26 heavy (non-hydrogen) atoms. The fourth-order valence-electron chi connectivity index (χ4n) is 2.56. The Morgan fingerprint density at radius 2 is 1.85 bits per heavy atom. The molecule has 1 heterocycles. The molecule has 2 aromatic carbocycles. The number of pyridine rings is 1. The highest BCUT2D eigenvalue weighted by atomic mass is 16.1. The lowest BCUT2D eigenvalue weighted by atomic mass is 10.1. The highest BCUT2D eigenvalue weighted by Gasteiger charge is 2.09. The molecule has 0 saturated heterocycles. The number of carbonyl (C=O) groups excluding carboxylic acids is 1. The summed E-state index contributed by atoms with van der Waals surface area (Å²) in [4.78, 5) is 16.6. The maximum Gasteiger partial charge on any atom is 0.274 e. The van der Waals surface area contributed by atoms with Crippen molar-refractivity contribution < 1.29 is 4.79 Å². The van der Waals surface area contributed by atoms with Crippen molar-refractivity contribution in [2.45, 2.75) is 13.3 Å². The van der Waals surface area contributed by atoms with Crippen molar-refractivity contribution in [3.63, 3.8) is 0 Å². The minimum atomic E-state index is -0.304. The number of rotatable bonds is 5. The van der Waals surface area contributed by atoms with Gasteiger partial charge in [0, 0.05) is 23.3 Å². The van der Waals surface area contributed by atoms with Crippen LogP contribution in [0.15, 0.2) is 66.9 Å². The number of para-hydroxylation sites is 1. The first kappa shape index (κ1) is 17.2. The van der Waals surface area contributed by atoms with Gasteiger partial charge in [-0.05, 0) is 54.4 Å². The second-order valence-electron chi connectivity index (χ2n) is 5.71. The van der Waals surface area contributed by atoms with Gasteiger partial charge in [0.25, 0.3) is 5.91 Å². The molecular formula is C21H18N4O. The van der Waals surface area contributed by atoms with Crippen LogP contribution >= 0.6 is 0 Å². The lowest BCUT2D eigenvalue weighted by Crippen LogP contribution is -2.13. The van der Waals surface area contributed by atoms with Gasteiger partial charge in [-0.15, -0.1) is 0 Å². The van der Waals surface area contributed by atoms with Crippen LogP contribution in [0.25, 0.3) is 0 Å². The van der Waals surface area contributed by atoms with Crippen LogP contribution in [0.1, 0.15) is 28.5 Å². The van der Waals surface area contributed by atoms with Crippen LogP contribution in [0.4, 0.5) is 17.1 Å². The summed E-state index contributed by atoms with van der Waals surface area (Å²) in [7, 11) is 0. The molecule has 1 amide bonds. The van der Waals surface area contributed by atoms with Crippen molar-refractivity contribution in [2.75, 3.05) is 10.6 Å². The standard InChI is InChI=1S/C21H18N4O/c1-2-16-5-3-4-6-19(16)24-18-11-12-23-20(13-18)21(26)25-17-9-7-15(14-22)8-10-17/h3-13H,2H2,1H3,(H,23,24)(H,25,26). The Labute approximate surface area is 152 Å². The molecule has 0 atom stereocenters. The van der Waals surface area contributed by atoms with E-state index >= 15 is 0 Å². The zero-order valence-corrected chi connectivity index (χ0v) is 14.4. The van der Waals surface area contributed by atoms with Crippen LogP contribution in [0.2, 0.25) is 0 Å². The SMILES string of the molecule is CCc1ccccc1Nc1ccnc(C(=O)Nc2ccc(C#N)cc2)c1. The maximum atomic E-state index is 12.4. The molecule has 3 aromatic rings. The van der Waals surface area contributed by atoms with Gasteiger partial charge < -0.3 is 10.6 Å². The third-order valence-electron chi connectivity index (χ3n) is 3.94. The van der Waals surface area contributed by atoms with Crippen LogP contribution in [-0.2, 0) is 6.42 Å². The monoisotopic (exact) mass is 342 g/mol. The summed E-state index contributed by atoms with van der Waals surface area (Å²) < 4.78 is 0. The minimum absolute atomic E-state index is 0.304. The summed E-state index contributed by atoms with van der Waals surface area (Å²) in [5, 5.41) is 14.9. The van der Waals surface area contributed by atoms with E-state index in [0.29, 0.717) is 16.9 Å². The normalized spacial score (nSPS) is 10.0. The number of nitrogens with one attached hydrogen (secondary N) is 2. The fraction of sp³-hybridized carbons (Fsp3) is 0.0952. The molecule has 2 N–H and O–H groups in total. The van der Waals surface area contributed by atoms with Gasteiger partial charge in [0.15, 0.2) is 0 Å². The number of hydrogen-bond acceptors (Lipinski definition) is 4. The number of benzene rings is 2. The lowest BCUT2D eigenvalue weighted by Gasteiger charge is -2.11. The van der Waals surface area contributed by atoms with Gasteiger partial charge in [0.2, 0.25) is 0 Å². The highest BCUT2D eigenvalue weighted by molar-refractivity contribution is 6.03. The molecule has 128 valence electrons. The first-order chi connectivity index (χ1) is 12.7. The summed E-state index contributed by atoms with van der Waals surface area (Å²) >= 11 is 0. The number of aromatic nitrogens is 1. The molecule has 0 aliphatic rings. The second kappa shape index (κ2) is 7.95. The third-order valence-corrected chi connectivity index (χ3v) is 3.94. The molecule has 5 nitrogen and oxygen atoms in total. The lowest BCUT2D eigenvalue weighted by molar-refractivity contribution is 0.102. The average molecular weight is 342 g/mol. The first-order valence-corrected chi connectivity index (χ1v) is 8.32. The zero-order chi connectivity index (χ0) is 18.4. The van der Waals surface area contributed by atoms with Crippen LogP contribution in [-0.4, -0.2) is 10.9 Å². The second-order valence-corrected chi connectivity index (χ2v) is 5.71. The zero-order valence-electron chi connectivity index (χ0n) is 14.4. The summed E-state index contributed by atoms with van der Waals surface area (Å²) in [5.41, 5.74) is 4.49. The smallest absolute Gasteiger partial charge is 0.274 e. The van der Waals surface area contributed by atoms with Crippen molar-refractivity contribution in [1.82, 2.24) is 4.98 Å². The quantitative estimate of drug-likeness (QED) is 0.715. The van der Waals surface area contributed by atoms with E-state index in [1.807, 2.05) is 30.3 Å². The summed E-state index contributed by atoms with van der Waals surface area (Å²) in [6.45, 7) is 2.10. The van der Waals surface area contributed by atoms with Crippen molar-refractivity contribution in [3.8, 4) is 6.07 Å². The summed E-state index contributed by atoms with van der Waals surface area (Å²) in [6, 6.07) is 20.3. The fourth-order valence-corrected chi connectivity index (χ4v) is 2.56. The molecule has 0 radical (unpaired) electrons. The first-order valence-electron chi connectivity index (χ1n) is 8.32. The number of anilines is 3. The van der Waals surface area contributed by atoms with E-state index in [0.717, 1.165) is 17.8 Å². The van der Waals surface area contributed by atoms with Gasteiger partial charge in [-0.2, -0.15) is 5.26 Å². The topological polar surface area (TPSA) is 77.8 Å². The molecule has 0 spiro atoms. The van der Waals surface area contributed by atoms with E-state index in [9.17, 15) is 4.79 Å². The minimum Gasteiger partial charge on any atom is -0.355 e. The molecule has 1 aromatic heterocycles. The van der Waals surface area contributed by atoms with Gasteiger partial charge in [-0.3, -0.25) is 9.78 Å². The Morgan fingerprint density at radius 3 is 2.58 bits per heavy atom. The largest absolute Gasteiger partial charge is 0.355 e. The maximum absolute atomic E-state index is 12.4. The predicted octanol–water partition coefficient (Wildman–Crippen LogP) is 4.51. The molecule has 3 rings (SSSR count). The Hall–Kier alpha value is -3.65. The highest BCUT2D eigenvalue weighted by Crippen LogP contribution is 2.21. The number of amides is 1. The number of nitriles is 1. The Balaban J connectivity index is 1.75. The van der Waals surface area contributed by atoms with Crippen molar-refractivity contribution in [2.24, 2.45) is 0 Å². The molecule has 0 saturated carbocycles. The molecular weight excluding hydrogens is 324 g/mol. The third kappa shape index (κ3) is 4.05. The van der Waals surface area contributed by atoms with Crippen LogP contribution < -0.4 is 10.6 Å². The van der Waals surface area contributed by atoms with Gasteiger partial charge in [0.05, 0.1) is 11.6 Å². The van der Waals surface area contributed by atoms with Crippen molar-refractivity contribution in [1.29, 1.82) is 5.26 Å². The van der Waals surface area contributed by atoms with Crippen molar-refractivity contribution in [3.05, 3.63) is 83.7 Å². The average Bonchev–Trinajstić information content (AvgIpc) is 2.69. The molecule has 0 bridgehead atoms. The van der Waals surface area contributed by atoms with Crippen molar-refractivity contribution >= 4 is 23.0 Å². The van der Waals surface area contributed by atoms with Crippen LogP contribution in [0, 0.1) is 11.3 Å². The number of hydrogen-bond donors (Lipinski definition) is 2. The van der Waals surface area contributed by atoms with E-state index in [4.69, 9.17) is 5.26 Å². The molecule has 0 unspecified atom stereocenters. The number of nitrogens with zero attached hydrogens (tertiary/aromatic N) is 2. The molecule has 0 aliphatic carbocycles. The molecule has 5 heteroatoms. The molecule has 0 fully saturated rings. The summed E-state index contributed by atoms with van der Waals surface area (Å²) in [5.74, 6) is -0.304. The van der Waals surface area contributed by atoms with E-state index in [1.165, 1.54) is 5.56 Å². The van der Waals surface area contributed by atoms with E-state index in [-0.39, 0.29) is 5.91 Å². The van der Waals surface area contributed by atoms with Gasteiger partial charge >= 0.3 is 0 Å². The summed E-state index contributed by atoms with van der Waals surface area (Å²) in [6.07, 6.45) is 2.52.